The standard InChI is InChI=1S/C26H29NO.C20H26N2O.C19H24N2O.C16H21N3O.C15H18N4O3.C15H19N3O.C7H15NO.3ClH/c1-28-21-22-12-11-19-27(20-22)26(23-13-5-2-6-14-23,24-15-7-3-8-16-24)25-17-9-4-10-18-25;1-23-17-20-16-21(14-18-8-4-2-5-9-18)12-13-22(20)15-19-10-6-3-7-11-19;22-16-19-15-20(13-17-7-3-1-4-8-17)11-12-21(19)14-18-9-5-2-6-10-18;1-18-9-10-19(14(11-18)12-20-2)16-15-6-4-3-5-13(15)7-8-17-16;1-22-10-11-8-16-6-7-18(11)15-13-5-3-2-4-12(13)14(9-17-15)19(20)21;1-19-11-13-10-16-8-9-18(13)15-14-5-3-2-4-12(14)6-7-17-15;1-9-6-7-3-2-4-8-5-7;;;/h2-10,13-18,22H,11-12,19-21H2,1H3;2-11,20H,12-17H2,1H3;1-10,19,22H,11-16H2;3-8,14H,9-12H2,1-2H3;2-5,9,11,16H,6-8,10H2,1H3;2-7,13,16H,8-11H2,1H3;7-8H,2-6H2,1H3;3*1H. The summed E-state index contributed by atoms with van der Waals surface area (Å²) in [6.45, 7) is 27.9. The number of nitro groups is 1. The highest BCUT2D eigenvalue weighted by Gasteiger charge is 2.44. The lowest BCUT2D eigenvalue weighted by atomic mass is 9.74. The highest BCUT2D eigenvalue weighted by atomic mass is 35.5. The van der Waals surface area contributed by atoms with Gasteiger partial charge in [-0.2, -0.15) is 0 Å². The molecule has 10 heterocycles. The number of aliphatic hydroxyl groups excluding tert-OH is 1. The number of likely N-dealkylation sites (tertiary alicyclic amines) is 1. The molecule has 782 valence electrons. The number of fused-ring (bicyclic) bond motifs is 3. The predicted molar refractivity (Wildman–Crippen MR) is 602 cm³/mol. The van der Waals surface area contributed by atoms with Crippen LogP contribution in [-0.4, -0.2) is 305 Å². The Morgan fingerprint density at radius 2 is 0.733 bits per heavy atom. The molecule has 7 unspecified atom stereocenters. The average molecular weight is 2050 g/mol. The van der Waals surface area contributed by atoms with Gasteiger partial charge in [-0.05, 0) is 126 Å². The molecule has 3 aromatic heterocycles. The molecule has 7 saturated heterocycles. The van der Waals surface area contributed by atoms with Gasteiger partial charge < -0.3 is 69.1 Å². The van der Waals surface area contributed by atoms with Crippen LogP contribution in [0, 0.1) is 22.0 Å². The summed E-state index contributed by atoms with van der Waals surface area (Å²) in [5.74, 6) is 4.27. The highest BCUT2D eigenvalue weighted by Crippen LogP contribution is 2.45. The number of nitrogens with one attached hydrogen (secondary N) is 3. The van der Waals surface area contributed by atoms with Gasteiger partial charge in [-0.3, -0.25) is 34.6 Å². The van der Waals surface area contributed by atoms with Crippen molar-refractivity contribution in [3.8, 4) is 0 Å². The number of hydrogen-bond donors (Lipinski definition) is 4. The van der Waals surface area contributed by atoms with E-state index >= 15 is 0 Å². The fourth-order valence-corrected chi connectivity index (χ4v) is 21.2. The first-order valence-corrected chi connectivity index (χ1v) is 51.2. The lowest BCUT2D eigenvalue weighted by Crippen LogP contribution is -2.54. The van der Waals surface area contributed by atoms with Gasteiger partial charge in [-0.25, -0.2) is 15.0 Å². The number of aliphatic hydroxyl groups is 1. The van der Waals surface area contributed by atoms with Gasteiger partial charge in [-0.1, -0.05) is 279 Å². The maximum atomic E-state index is 11.2. The third-order valence-corrected chi connectivity index (χ3v) is 28.2. The second-order valence-corrected chi connectivity index (χ2v) is 38.2. The predicted octanol–water partition coefficient (Wildman–Crippen LogP) is 17.8. The topological polar surface area (TPSA) is 223 Å². The number of likely N-dealkylation sites (N-methyl/N-ethyl adjacent to an activating group) is 1. The van der Waals surface area contributed by atoms with Crippen molar-refractivity contribution in [3.63, 3.8) is 0 Å². The maximum absolute atomic E-state index is 11.2. The number of ether oxygens (including phenoxy) is 6. The monoisotopic (exact) mass is 2050 g/mol. The van der Waals surface area contributed by atoms with Gasteiger partial charge in [0.25, 0.3) is 5.69 Å². The van der Waals surface area contributed by atoms with E-state index in [0.29, 0.717) is 36.0 Å². The first kappa shape index (κ1) is 116. The van der Waals surface area contributed by atoms with Crippen LogP contribution >= 0.6 is 37.2 Å². The second kappa shape index (κ2) is 62.7. The van der Waals surface area contributed by atoms with Crippen LogP contribution in [0.15, 0.2) is 316 Å². The molecule has 13 aromatic rings. The Morgan fingerprint density at radius 1 is 0.356 bits per heavy atom. The number of aromatic nitrogens is 3. The molecule has 20 rings (SSSR count). The van der Waals surface area contributed by atoms with Gasteiger partial charge >= 0.3 is 0 Å². The van der Waals surface area contributed by atoms with E-state index in [1.165, 1.54) is 98.9 Å². The van der Waals surface area contributed by atoms with Crippen molar-refractivity contribution in [1.29, 1.82) is 0 Å². The quantitative estimate of drug-likeness (QED) is 0.0194. The summed E-state index contributed by atoms with van der Waals surface area (Å²) < 4.78 is 32.1. The molecule has 0 saturated carbocycles. The average Bonchev–Trinajstić information content (AvgIpc) is 0.731. The van der Waals surface area contributed by atoms with E-state index in [1.807, 2.05) is 43.8 Å². The summed E-state index contributed by atoms with van der Waals surface area (Å²) >= 11 is 0. The molecule has 0 aliphatic carbocycles. The Balaban J connectivity index is 0.000000164. The first-order chi connectivity index (χ1) is 70.4. The minimum absolute atomic E-state index is 0. The number of anilines is 3. The number of rotatable bonds is 29. The zero-order chi connectivity index (χ0) is 99.4. The maximum Gasteiger partial charge on any atom is 0.295 e. The number of nitrogens with zero attached hydrogens (tertiary/aromatic N) is 13. The minimum Gasteiger partial charge on any atom is -0.395 e. The summed E-state index contributed by atoms with van der Waals surface area (Å²) in [7, 11) is 12.8. The third kappa shape index (κ3) is 33.0. The molecule has 146 heavy (non-hydrogen) atoms. The van der Waals surface area contributed by atoms with Gasteiger partial charge in [-0.15, -0.1) is 37.2 Å². The van der Waals surface area contributed by atoms with E-state index in [9.17, 15) is 15.2 Å². The third-order valence-electron chi connectivity index (χ3n) is 28.2. The van der Waals surface area contributed by atoms with Crippen LogP contribution in [0.5, 0.6) is 0 Å². The van der Waals surface area contributed by atoms with E-state index in [-0.39, 0.29) is 72.1 Å². The van der Waals surface area contributed by atoms with Crippen molar-refractivity contribution < 1.29 is 38.5 Å². The van der Waals surface area contributed by atoms with Crippen molar-refractivity contribution in [2.75, 3.05) is 235 Å². The molecular weight excluding hydrogens is 1890 g/mol. The summed E-state index contributed by atoms with van der Waals surface area (Å²) in [6, 6.07) is 105. The van der Waals surface area contributed by atoms with Crippen LogP contribution in [0.1, 0.15) is 64.6 Å². The molecule has 7 fully saturated rings. The van der Waals surface area contributed by atoms with Crippen molar-refractivity contribution >= 4 is 92.7 Å². The van der Waals surface area contributed by atoms with Crippen molar-refractivity contribution in [2.45, 2.75) is 87.6 Å². The Hall–Kier alpha value is -10.5. The lowest BCUT2D eigenvalue weighted by molar-refractivity contribution is -0.383. The molecule has 7 aliphatic heterocycles. The van der Waals surface area contributed by atoms with Crippen LogP contribution in [-0.2, 0) is 60.1 Å². The molecule has 0 bridgehead atoms. The van der Waals surface area contributed by atoms with Crippen molar-refractivity contribution in [2.24, 2.45) is 11.8 Å². The summed E-state index contributed by atoms with van der Waals surface area (Å²) in [4.78, 5) is 46.3. The summed E-state index contributed by atoms with van der Waals surface area (Å²) in [5, 5.41) is 37.4. The first-order valence-electron chi connectivity index (χ1n) is 51.2. The van der Waals surface area contributed by atoms with E-state index in [0.717, 1.165) is 206 Å². The van der Waals surface area contributed by atoms with E-state index < -0.39 is 0 Å². The van der Waals surface area contributed by atoms with Crippen molar-refractivity contribution in [3.05, 3.63) is 365 Å². The molecule has 7 aliphatic rings. The summed E-state index contributed by atoms with van der Waals surface area (Å²) in [6.07, 6.45) is 10.2. The Labute approximate surface area is 885 Å². The van der Waals surface area contributed by atoms with Crippen LogP contribution in [0.3, 0.4) is 0 Å². The van der Waals surface area contributed by atoms with Crippen LogP contribution in [0.2, 0.25) is 0 Å². The largest absolute Gasteiger partial charge is 0.395 e. The smallest absolute Gasteiger partial charge is 0.295 e. The zero-order valence-electron chi connectivity index (χ0n) is 86.4. The fourth-order valence-electron chi connectivity index (χ4n) is 21.2. The number of piperidine rings is 2. The lowest BCUT2D eigenvalue weighted by Gasteiger charge is -2.49. The number of piperazine rings is 5. The number of methoxy groups -OCH3 is 6. The molecular formula is C118H155Cl3N16O9. The van der Waals surface area contributed by atoms with Gasteiger partial charge in [0.1, 0.15) is 23.7 Å². The molecule has 0 spiro atoms. The number of halogens is 3. The summed E-state index contributed by atoms with van der Waals surface area (Å²) in [5.41, 5.74) is 9.15. The van der Waals surface area contributed by atoms with Gasteiger partial charge in [0.15, 0.2) is 0 Å². The van der Waals surface area contributed by atoms with E-state index in [4.69, 9.17) is 28.4 Å². The molecule has 0 radical (unpaired) electrons. The molecule has 28 heteroatoms. The zero-order valence-corrected chi connectivity index (χ0v) is 88.8. The SMILES string of the molecule is COCC1CCCN(C(c2ccccc2)(c2ccccc2)c2ccccc2)C1.COCC1CCCNC1.COCC1CN(C)CCN1c1nccc2ccccc12.COCC1CN(Cc2ccccc2)CCN1Cc1ccccc1.COCC1CNCCN1c1ncc([N+](=O)[O-])c2ccccc12.COCC1CNCCN1c1nccc2ccccc12.Cl.Cl.Cl.OCC1CN(Cc2ccccc2)CCN1Cc1ccccc1. The minimum atomic E-state index is -0.385. The number of pyridine rings is 3. The van der Waals surface area contributed by atoms with Crippen LogP contribution < -0.4 is 30.7 Å². The van der Waals surface area contributed by atoms with Gasteiger partial charge in [0.2, 0.25) is 0 Å². The Morgan fingerprint density at radius 3 is 1.18 bits per heavy atom. The van der Waals surface area contributed by atoms with Crippen LogP contribution in [0.25, 0.3) is 32.3 Å². The second-order valence-electron chi connectivity index (χ2n) is 38.2. The molecule has 10 aromatic carbocycles. The Kier molecular flexibility index (Phi) is 49.7. The fraction of sp³-hybridized carbons (Fsp3) is 0.415. The van der Waals surface area contributed by atoms with Crippen molar-refractivity contribution in [1.82, 2.24) is 60.3 Å². The van der Waals surface area contributed by atoms with E-state index in [1.54, 1.807) is 41.6 Å². The number of hydrogen-bond acceptors (Lipinski definition) is 24. The normalized spacial score (nSPS) is 19.6. The molecule has 0 amide bonds. The van der Waals surface area contributed by atoms with Gasteiger partial charge in [0.05, 0.1) is 80.2 Å². The molecule has 25 nitrogen and oxygen atoms in total. The van der Waals surface area contributed by atoms with Gasteiger partial charge in [0, 0.05) is 221 Å². The molecule has 4 N–H and O–H groups in total. The highest BCUT2D eigenvalue weighted by molar-refractivity contribution is 5.98. The van der Waals surface area contributed by atoms with E-state index in [2.05, 4.69) is 349 Å². The van der Waals surface area contributed by atoms with Crippen LogP contribution in [0.4, 0.5) is 23.1 Å². The Bertz CT molecular complexity index is 5690. The number of benzene rings is 10. The molecule has 7 atom stereocenters.